The summed E-state index contributed by atoms with van der Waals surface area (Å²) in [4.78, 5) is 2.46. The number of hydrogen-bond donors (Lipinski definition) is 1. The van der Waals surface area contributed by atoms with Crippen LogP contribution in [0.25, 0.3) is 0 Å². The fourth-order valence-corrected chi connectivity index (χ4v) is 2.37. The molecule has 0 unspecified atom stereocenters. The van der Waals surface area contributed by atoms with Crippen molar-refractivity contribution < 1.29 is 4.39 Å². The third-order valence-corrected chi connectivity index (χ3v) is 3.42. The van der Waals surface area contributed by atoms with E-state index in [0.717, 1.165) is 25.2 Å². The molecule has 3 heteroatoms. The highest BCUT2D eigenvalue weighted by molar-refractivity contribution is 5.23. The molecule has 0 atom stereocenters. The quantitative estimate of drug-likeness (QED) is 0.761. The normalized spacial score (nSPS) is 11.8. The Labute approximate surface area is 117 Å². The third-order valence-electron chi connectivity index (χ3n) is 3.42. The first-order valence-electron chi connectivity index (χ1n) is 7.13. The molecule has 0 aromatic heterocycles. The summed E-state index contributed by atoms with van der Waals surface area (Å²) in [5.41, 5.74) is 1.85. The topological polar surface area (TPSA) is 15.3 Å². The van der Waals surface area contributed by atoms with E-state index in [9.17, 15) is 4.39 Å². The van der Waals surface area contributed by atoms with E-state index in [2.05, 4.69) is 37.9 Å². The van der Waals surface area contributed by atoms with E-state index in [1.807, 2.05) is 12.1 Å². The maximum Gasteiger partial charge on any atom is 0.126 e. The van der Waals surface area contributed by atoms with Crippen LogP contribution in [0.1, 0.15) is 38.8 Å². The maximum atomic E-state index is 13.1. The van der Waals surface area contributed by atoms with Crippen LogP contribution in [0.2, 0.25) is 0 Å². The second-order valence-electron chi connectivity index (χ2n) is 5.69. The Balaban J connectivity index is 2.36. The lowest BCUT2D eigenvalue weighted by molar-refractivity contribution is 0.176. The van der Waals surface area contributed by atoms with Gasteiger partial charge in [0.05, 0.1) is 0 Å². The van der Waals surface area contributed by atoms with Crippen molar-refractivity contribution in [3.63, 3.8) is 0 Å². The highest BCUT2D eigenvalue weighted by Gasteiger charge is 2.12. The number of halogens is 1. The molecule has 0 radical (unpaired) electrons. The Morgan fingerprint density at radius 3 is 2.32 bits per heavy atom. The van der Waals surface area contributed by atoms with Gasteiger partial charge in [0.1, 0.15) is 5.82 Å². The maximum absolute atomic E-state index is 13.1. The lowest BCUT2D eigenvalue weighted by Crippen LogP contribution is -2.41. The summed E-state index contributed by atoms with van der Waals surface area (Å²) in [6.07, 6.45) is 0. The molecular weight excluding hydrogens is 239 g/mol. The van der Waals surface area contributed by atoms with Crippen molar-refractivity contribution in [3.8, 4) is 0 Å². The van der Waals surface area contributed by atoms with E-state index in [0.29, 0.717) is 17.6 Å². The Bertz CT molecular complexity index is 380. The molecule has 2 nitrogen and oxygen atoms in total. The molecule has 19 heavy (non-hydrogen) atoms. The average molecular weight is 266 g/mol. The Morgan fingerprint density at radius 1 is 1.16 bits per heavy atom. The molecule has 0 aliphatic carbocycles. The molecule has 0 spiro atoms. The molecular formula is C16H27FN2. The van der Waals surface area contributed by atoms with Gasteiger partial charge in [-0.15, -0.1) is 0 Å². The van der Waals surface area contributed by atoms with E-state index in [4.69, 9.17) is 0 Å². The fraction of sp³-hybridized carbons (Fsp3) is 0.625. The summed E-state index contributed by atoms with van der Waals surface area (Å²) in [5.74, 6) is -0.130. The van der Waals surface area contributed by atoms with E-state index in [1.165, 1.54) is 0 Å². The van der Waals surface area contributed by atoms with Crippen LogP contribution in [-0.4, -0.2) is 30.1 Å². The van der Waals surface area contributed by atoms with Gasteiger partial charge in [-0.25, -0.2) is 4.39 Å². The van der Waals surface area contributed by atoms with Gasteiger partial charge in [-0.1, -0.05) is 12.1 Å². The van der Waals surface area contributed by atoms with Gasteiger partial charge in [0.25, 0.3) is 0 Å². The number of benzene rings is 1. The predicted octanol–water partition coefficient (Wildman–Crippen LogP) is 3.34. The van der Waals surface area contributed by atoms with Crippen molar-refractivity contribution in [1.82, 2.24) is 10.2 Å². The van der Waals surface area contributed by atoms with E-state index < -0.39 is 0 Å². The van der Waals surface area contributed by atoms with Crippen molar-refractivity contribution in [2.24, 2.45) is 0 Å². The molecule has 0 aliphatic heterocycles. The summed E-state index contributed by atoms with van der Waals surface area (Å²) in [5, 5.41) is 3.42. The highest BCUT2D eigenvalue weighted by Crippen LogP contribution is 2.09. The number of aryl methyl sites for hydroxylation is 1. The third kappa shape index (κ3) is 5.29. The molecule has 0 saturated heterocycles. The van der Waals surface area contributed by atoms with Crippen molar-refractivity contribution in [2.45, 2.75) is 53.2 Å². The van der Waals surface area contributed by atoms with E-state index in [1.54, 1.807) is 13.0 Å². The first-order chi connectivity index (χ1) is 8.91. The number of hydrogen-bond acceptors (Lipinski definition) is 2. The van der Waals surface area contributed by atoms with Crippen molar-refractivity contribution in [1.29, 1.82) is 0 Å². The zero-order valence-electron chi connectivity index (χ0n) is 12.8. The Kier molecular flexibility index (Phi) is 6.46. The lowest BCUT2D eigenvalue weighted by Gasteiger charge is -2.30. The minimum absolute atomic E-state index is 0.130. The second kappa shape index (κ2) is 7.61. The summed E-state index contributed by atoms with van der Waals surface area (Å²) in [6, 6.07) is 6.42. The highest BCUT2D eigenvalue weighted by atomic mass is 19.1. The summed E-state index contributed by atoms with van der Waals surface area (Å²) >= 11 is 0. The molecule has 1 aromatic rings. The summed E-state index contributed by atoms with van der Waals surface area (Å²) in [7, 11) is 0. The smallest absolute Gasteiger partial charge is 0.126 e. The van der Waals surface area contributed by atoms with Crippen molar-refractivity contribution in [3.05, 3.63) is 35.1 Å². The van der Waals surface area contributed by atoms with Gasteiger partial charge in [-0.2, -0.15) is 0 Å². The van der Waals surface area contributed by atoms with Crippen LogP contribution in [-0.2, 0) is 6.54 Å². The second-order valence-corrected chi connectivity index (χ2v) is 5.69. The van der Waals surface area contributed by atoms with Crippen LogP contribution >= 0.6 is 0 Å². The first kappa shape index (κ1) is 16.1. The van der Waals surface area contributed by atoms with Crippen molar-refractivity contribution >= 4 is 0 Å². The molecule has 0 heterocycles. The summed E-state index contributed by atoms with van der Waals surface area (Å²) in [6.45, 7) is 13.5. The number of rotatable bonds is 7. The Morgan fingerprint density at radius 2 is 1.79 bits per heavy atom. The van der Waals surface area contributed by atoms with E-state index in [-0.39, 0.29) is 5.82 Å². The van der Waals surface area contributed by atoms with Gasteiger partial charge in [0.2, 0.25) is 0 Å². The van der Waals surface area contributed by atoms with E-state index >= 15 is 0 Å². The molecule has 0 aliphatic rings. The zero-order chi connectivity index (χ0) is 14.4. The molecule has 0 saturated carbocycles. The van der Waals surface area contributed by atoms with Gasteiger partial charge < -0.3 is 5.32 Å². The Hall–Kier alpha value is -0.930. The minimum atomic E-state index is -0.130. The van der Waals surface area contributed by atoms with Gasteiger partial charge in [-0.05, 0) is 51.8 Å². The predicted molar refractivity (Wildman–Crippen MR) is 79.8 cm³/mol. The van der Waals surface area contributed by atoms with Gasteiger partial charge in [-0.3, -0.25) is 4.90 Å². The summed E-state index contributed by atoms with van der Waals surface area (Å²) < 4.78 is 13.1. The fourth-order valence-electron chi connectivity index (χ4n) is 2.37. The lowest BCUT2D eigenvalue weighted by atomic mass is 10.1. The van der Waals surface area contributed by atoms with Crippen LogP contribution in [0.15, 0.2) is 18.2 Å². The number of nitrogens with zero attached hydrogens (tertiary/aromatic N) is 1. The van der Waals surface area contributed by atoms with Gasteiger partial charge in [0.15, 0.2) is 0 Å². The van der Waals surface area contributed by atoms with Crippen LogP contribution in [0.3, 0.4) is 0 Å². The van der Waals surface area contributed by atoms with Crippen molar-refractivity contribution in [2.75, 3.05) is 13.1 Å². The molecule has 0 amide bonds. The average Bonchev–Trinajstić information content (AvgIpc) is 2.32. The molecule has 0 bridgehead atoms. The molecule has 1 aromatic carbocycles. The van der Waals surface area contributed by atoms with Gasteiger partial charge in [0, 0.05) is 31.7 Å². The monoisotopic (exact) mass is 266 g/mol. The van der Waals surface area contributed by atoms with Crippen LogP contribution in [0.4, 0.5) is 4.39 Å². The SMILES string of the molecule is Cc1cc(CNCCN(C(C)C)C(C)C)ccc1F. The molecule has 0 fully saturated rings. The standard InChI is InChI=1S/C16H27FN2/c1-12(2)19(13(3)4)9-8-18-11-15-6-7-16(17)14(5)10-15/h6-7,10,12-13,18H,8-9,11H2,1-5H3. The minimum Gasteiger partial charge on any atom is -0.311 e. The largest absolute Gasteiger partial charge is 0.311 e. The zero-order valence-corrected chi connectivity index (χ0v) is 12.8. The molecule has 1 N–H and O–H groups in total. The van der Waals surface area contributed by atoms with Crippen LogP contribution < -0.4 is 5.32 Å². The molecule has 1 rings (SSSR count). The first-order valence-corrected chi connectivity index (χ1v) is 7.13. The van der Waals surface area contributed by atoms with Crippen LogP contribution in [0.5, 0.6) is 0 Å². The van der Waals surface area contributed by atoms with Crippen LogP contribution in [0, 0.1) is 12.7 Å². The molecule has 108 valence electrons. The number of nitrogens with one attached hydrogen (secondary N) is 1. The van der Waals surface area contributed by atoms with Gasteiger partial charge >= 0.3 is 0 Å².